The fourth-order valence-electron chi connectivity index (χ4n) is 8.45. The maximum Gasteiger partial charge on any atom is 0.336 e. The van der Waals surface area contributed by atoms with E-state index in [0.29, 0.717) is 50.4 Å². The van der Waals surface area contributed by atoms with Crippen LogP contribution < -0.4 is 10.6 Å². The first-order valence-electron chi connectivity index (χ1n) is 17.8. The lowest BCUT2D eigenvalue weighted by Gasteiger charge is -2.49. The predicted octanol–water partition coefficient (Wildman–Crippen LogP) is 0.0681. The van der Waals surface area contributed by atoms with Crippen molar-refractivity contribution in [2.45, 2.75) is 108 Å². The fourth-order valence-corrected chi connectivity index (χ4v) is 8.45. The first-order valence-corrected chi connectivity index (χ1v) is 17.8. The zero-order valence-corrected chi connectivity index (χ0v) is 30.2. The quantitative estimate of drug-likeness (QED) is 0.162. The molecule has 0 bridgehead atoms. The average molecular weight is 719 g/mol. The molecule has 5 rings (SSSR count). The van der Waals surface area contributed by atoms with Crippen LogP contribution >= 0.6 is 0 Å². The van der Waals surface area contributed by atoms with Crippen molar-refractivity contribution in [2.75, 3.05) is 45.9 Å². The second-order valence-corrected chi connectivity index (χ2v) is 15.9. The number of carbonyl (C=O) groups excluding carboxylic acids is 3. The summed E-state index contributed by atoms with van der Waals surface area (Å²) in [6.45, 7) is 10.9. The molecule has 15 nitrogen and oxygen atoms in total. The Bertz CT molecular complexity index is 1470. The van der Waals surface area contributed by atoms with Gasteiger partial charge in [0, 0.05) is 64.0 Å². The molecule has 3 amide bonds. The predicted molar refractivity (Wildman–Crippen MR) is 183 cm³/mol. The van der Waals surface area contributed by atoms with Gasteiger partial charge in [0.2, 0.25) is 11.8 Å². The summed E-state index contributed by atoms with van der Waals surface area (Å²) >= 11 is 0. The summed E-state index contributed by atoms with van der Waals surface area (Å²) in [5.41, 5.74) is -1.18. The minimum absolute atomic E-state index is 0.00492. The molecular weight excluding hydrogens is 664 g/mol. The van der Waals surface area contributed by atoms with Crippen molar-refractivity contribution in [2.24, 2.45) is 11.3 Å². The number of nitrogens with zero attached hydrogens (tertiary/aromatic N) is 2. The van der Waals surface area contributed by atoms with Crippen LogP contribution in [-0.4, -0.2) is 147 Å². The Labute approximate surface area is 298 Å². The van der Waals surface area contributed by atoms with Gasteiger partial charge in [0.1, 0.15) is 18.0 Å². The number of benzene rings is 1. The summed E-state index contributed by atoms with van der Waals surface area (Å²) in [6, 6.07) is 1.69. The lowest BCUT2D eigenvalue weighted by molar-refractivity contribution is -0.231. The maximum atomic E-state index is 13.3. The van der Waals surface area contributed by atoms with E-state index >= 15 is 0 Å². The van der Waals surface area contributed by atoms with E-state index in [-0.39, 0.29) is 41.5 Å². The minimum atomic E-state index is -2.00. The van der Waals surface area contributed by atoms with E-state index in [9.17, 15) is 44.7 Å². The number of aromatic hydroxyl groups is 1. The zero-order chi connectivity index (χ0) is 37.5. The molecule has 1 aliphatic carbocycles. The first-order chi connectivity index (χ1) is 23.9. The second-order valence-electron chi connectivity index (χ2n) is 15.9. The third-order valence-electron chi connectivity index (χ3n) is 11.3. The number of rotatable bonds is 11. The molecular formula is C36H54N4O11. The number of aliphatic hydroxyl groups is 3. The smallest absolute Gasteiger partial charge is 0.336 e. The van der Waals surface area contributed by atoms with Gasteiger partial charge in [0.25, 0.3) is 5.91 Å². The molecule has 1 saturated carbocycles. The number of aryl methyl sites for hydroxylation is 2. The molecule has 3 saturated heterocycles. The highest BCUT2D eigenvalue weighted by Gasteiger charge is 2.56. The van der Waals surface area contributed by atoms with Crippen LogP contribution in [0.5, 0.6) is 5.75 Å². The van der Waals surface area contributed by atoms with Gasteiger partial charge in [-0.1, -0.05) is 13.8 Å². The van der Waals surface area contributed by atoms with Crippen molar-refractivity contribution in [3.05, 3.63) is 28.8 Å². The molecule has 284 valence electrons. The van der Waals surface area contributed by atoms with Crippen LogP contribution in [-0.2, 0) is 23.9 Å². The molecule has 0 unspecified atom stereocenters. The summed E-state index contributed by atoms with van der Waals surface area (Å²) in [6.07, 6.45) is -4.69. The van der Waals surface area contributed by atoms with Crippen LogP contribution in [0.2, 0.25) is 0 Å². The number of carboxylic acid groups (broad SMARTS) is 1. The Hall–Kier alpha value is -3.34. The van der Waals surface area contributed by atoms with Crippen molar-refractivity contribution >= 4 is 23.7 Å². The standard InChI is InChI=1S/C36H54N4O11/c1-20-12-23(13-21(2)28(20)44)31(46)37-17-26(43)29(45)30-27(38-22(3)41)25(42)16-36(51-30,33(48)49)7-9-40-10-11-50-19-35(40)6-8-39(18-35)32(47)24-14-34(4,5)15-24/h12-13,24-27,29-30,42-45H,6-11,14-19H2,1-5H3,(H,37,46)(H,38,41)(H,48,49)/t25-,26+,27+,29+,30+,35-,36+/m0/s1. The third kappa shape index (κ3) is 8.18. The van der Waals surface area contributed by atoms with E-state index in [0.717, 1.165) is 12.8 Å². The second kappa shape index (κ2) is 15.0. The van der Waals surface area contributed by atoms with Gasteiger partial charge in [-0.2, -0.15) is 0 Å². The molecule has 1 aromatic carbocycles. The Morgan fingerprint density at radius 1 is 1.06 bits per heavy atom. The average Bonchev–Trinajstić information content (AvgIpc) is 3.48. The molecule has 4 fully saturated rings. The number of carbonyl (C=O) groups is 4. The highest BCUT2D eigenvalue weighted by Crippen LogP contribution is 2.46. The topological polar surface area (TPSA) is 218 Å². The molecule has 3 heterocycles. The van der Waals surface area contributed by atoms with Crippen molar-refractivity contribution < 1.29 is 54.2 Å². The number of aliphatic carboxylic acids is 1. The van der Waals surface area contributed by atoms with Gasteiger partial charge < -0.3 is 50.5 Å². The van der Waals surface area contributed by atoms with Crippen LogP contribution in [0, 0.1) is 25.2 Å². The van der Waals surface area contributed by atoms with Gasteiger partial charge in [0.05, 0.1) is 37.0 Å². The summed E-state index contributed by atoms with van der Waals surface area (Å²) < 4.78 is 12.0. The number of hydrogen-bond donors (Lipinski definition) is 7. The lowest BCUT2D eigenvalue weighted by Crippen LogP contribution is -2.68. The third-order valence-corrected chi connectivity index (χ3v) is 11.3. The van der Waals surface area contributed by atoms with Crippen molar-refractivity contribution in [3.8, 4) is 5.75 Å². The largest absolute Gasteiger partial charge is 0.507 e. The van der Waals surface area contributed by atoms with E-state index < -0.39 is 72.3 Å². The number of morpholine rings is 1. The molecule has 3 aliphatic heterocycles. The van der Waals surface area contributed by atoms with Crippen molar-refractivity contribution in [3.63, 3.8) is 0 Å². The number of ether oxygens (including phenoxy) is 2. The van der Waals surface area contributed by atoms with E-state index in [1.165, 1.54) is 19.1 Å². The van der Waals surface area contributed by atoms with Crippen LogP contribution in [0.1, 0.15) is 74.4 Å². The van der Waals surface area contributed by atoms with Crippen molar-refractivity contribution in [1.29, 1.82) is 0 Å². The number of hydrogen-bond acceptors (Lipinski definition) is 11. The Morgan fingerprint density at radius 2 is 1.73 bits per heavy atom. The van der Waals surface area contributed by atoms with Gasteiger partial charge in [-0.15, -0.1) is 0 Å². The molecule has 0 aromatic heterocycles. The van der Waals surface area contributed by atoms with Gasteiger partial charge in [-0.25, -0.2) is 4.79 Å². The highest BCUT2D eigenvalue weighted by molar-refractivity contribution is 5.95. The first kappa shape index (κ1) is 38.9. The summed E-state index contributed by atoms with van der Waals surface area (Å²) in [5.74, 6) is -2.33. The molecule has 4 aliphatic rings. The highest BCUT2D eigenvalue weighted by atomic mass is 16.6. The molecule has 1 aromatic rings. The number of amides is 3. The number of carboxylic acids is 1. The van der Waals surface area contributed by atoms with Gasteiger partial charge in [-0.3, -0.25) is 19.3 Å². The minimum Gasteiger partial charge on any atom is -0.507 e. The van der Waals surface area contributed by atoms with Crippen LogP contribution in [0.3, 0.4) is 0 Å². The normalized spacial score (nSPS) is 30.7. The van der Waals surface area contributed by atoms with Gasteiger partial charge in [0.15, 0.2) is 5.60 Å². The number of phenols is 1. The number of aliphatic hydroxyl groups excluding tert-OH is 3. The molecule has 51 heavy (non-hydrogen) atoms. The molecule has 7 N–H and O–H groups in total. The Balaban J connectivity index is 1.29. The summed E-state index contributed by atoms with van der Waals surface area (Å²) in [5, 5.41) is 59.3. The SMILES string of the molecule is CC(=O)N[C@H]1[C@H]([C@H](O)[C@H](O)CNC(=O)c2cc(C)c(O)c(C)c2)O[C@@](CCN2CCOC[C@@]23CCN(C(=O)C2CC(C)(C)C2)C3)(C(=O)O)C[C@@H]1O. The Morgan fingerprint density at radius 3 is 2.33 bits per heavy atom. The maximum absolute atomic E-state index is 13.3. The van der Waals surface area contributed by atoms with E-state index in [1.807, 2.05) is 4.90 Å². The number of phenolic OH excluding ortho intramolecular Hbond substituents is 1. The van der Waals surface area contributed by atoms with E-state index in [2.05, 4.69) is 29.4 Å². The number of likely N-dealkylation sites (tertiary alicyclic amines) is 1. The Kier molecular flexibility index (Phi) is 11.4. The van der Waals surface area contributed by atoms with Crippen LogP contribution in [0.4, 0.5) is 0 Å². The zero-order valence-electron chi connectivity index (χ0n) is 30.2. The summed E-state index contributed by atoms with van der Waals surface area (Å²) in [7, 11) is 0. The fraction of sp³-hybridized carbons (Fsp3) is 0.722. The molecule has 1 spiro atoms. The van der Waals surface area contributed by atoms with Crippen LogP contribution in [0.25, 0.3) is 0 Å². The van der Waals surface area contributed by atoms with Gasteiger partial charge in [-0.05, 0) is 61.8 Å². The monoisotopic (exact) mass is 718 g/mol. The van der Waals surface area contributed by atoms with Gasteiger partial charge >= 0.3 is 5.97 Å². The molecule has 7 atom stereocenters. The molecule has 0 radical (unpaired) electrons. The lowest BCUT2D eigenvalue weighted by atomic mass is 9.64. The van der Waals surface area contributed by atoms with E-state index in [4.69, 9.17) is 9.47 Å². The number of nitrogens with one attached hydrogen (secondary N) is 2. The molecule has 15 heteroatoms. The van der Waals surface area contributed by atoms with Crippen molar-refractivity contribution in [1.82, 2.24) is 20.4 Å². The van der Waals surface area contributed by atoms with E-state index in [1.54, 1.807) is 13.8 Å². The van der Waals surface area contributed by atoms with Crippen LogP contribution in [0.15, 0.2) is 12.1 Å². The summed E-state index contributed by atoms with van der Waals surface area (Å²) in [4.78, 5) is 55.3.